The van der Waals surface area contributed by atoms with Crippen molar-refractivity contribution in [3.8, 4) is 6.07 Å². The molecule has 0 spiro atoms. The second-order valence-electron chi connectivity index (χ2n) is 7.12. The van der Waals surface area contributed by atoms with E-state index in [9.17, 15) is 9.59 Å². The Morgan fingerprint density at radius 1 is 1.32 bits per heavy atom. The van der Waals surface area contributed by atoms with E-state index in [0.717, 1.165) is 35.1 Å². The number of benzene rings is 1. The first-order chi connectivity index (χ1) is 13.6. The maximum Gasteiger partial charge on any atom is 0.198 e. The standard InChI is InChI=1S/C21H20N4O2S/c1-12-3-4-15-18(20(12)28-2)25(7-8-26)21-16(19(15)27)5-6-17(24-21)23-14-9-13(10-14)11-22/h3-6,8,13-14H,7,9-10H2,1-2H3,(H,23,24). The maximum absolute atomic E-state index is 13.1. The molecule has 2 aromatic heterocycles. The van der Waals surface area contributed by atoms with Crippen molar-refractivity contribution >= 4 is 45.8 Å². The molecule has 0 amide bonds. The highest BCUT2D eigenvalue weighted by atomic mass is 32.2. The van der Waals surface area contributed by atoms with E-state index < -0.39 is 0 Å². The molecule has 1 aromatic carbocycles. The van der Waals surface area contributed by atoms with Gasteiger partial charge in [0.2, 0.25) is 0 Å². The molecule has 4 rings (SSSR count). The van der Waals surface area contributed by atoms with Gasteiger partial charge < -0.3 is 14.7 Å². The first kappa shape index (κ1) is 18.5. The van der Waals surface area contributed by atoms with Gasteiger partial charge in [-0.15, -0.1) is 11.8 Å². The lowest BCUT2D eigenvalue weighted by atomic mass is 9.81. The van der Waals surface area contributed by atoms with Crippen LogP contribution in [0.15, 0.2) is 34.0 Å². The molecule has 1 aliphatic carbocycles. The van der Waals surface area contributed by atoms with Crippen molar-refractivity contribution in [2.45, 2.75) is 37.2 Å². The summed E-state index contributed by atoms with van der Waals surface area (Å²) in [5.41, 5.74) is 2.25. The van der Waals surface area contributed by atoms with Gasteiger partial charge in [-0.05, 0) is 49.8 Å². The van der Waals surface area contributed by atoms with Crippen molar-refractivity contribution in [2.75, 3.05) is 11.6 Å². The van der Waals surface area contributed by atoms with Crippen molar-refractivity contribution in [3.05, 3.63) is 40.1 Å². The van der Waals surface area contributed by atoms with Gasteiger partial charge in [0.15, 0.2) is 5.43 Å². The van der Waals surface area contributed by atoms with Gasteiger partial charge in [-0.25, -0.2) is 4.98 Å². The third-order valence-corrected chi connectivity index (χ3v) is 6.28. The third kappa shape index (κ3) is 2.94. The molecular weight excluding hydrogens is 372 g/mol. The number of nitrogens with zero attached hydrogens (tertiary/aromatic N) is 3. The minimum absolute atomic E-state index is 0.0744. The topological polar surface area (TPSA) is 87.8 Å². The number of rotatable bonds is 5. The van der Waals surface area contributed by atoms with Crippen LogP contribution < -0.4 is 10.7 Å². The number of carbonyl (C=O) groups excluding carboxylic acids is 1. The normalized spacial score (nSPS) is 18.6. The lowest BCUT2D eigenvalue weighted by Gasteiger charge is -2.31. The summed E-state index contributed by atoms with van der Waals surface area (Å²) in [4.78, 5) is 30.2. The fourth-order valence-corrected chi connectivity index (χ4v) is 4.65. The Labute approximate surface area is 166 Å². The van der Waals surface area contributed by atoms with Crippen molar-refractivity contribution in [1.82, 2.24) is 9.55 Å². The van der Waals surface area contributed by atoms with Crippen LogP contribution in [0.3, 0.4) is 0 Å². The third-order valence-electron chi connectivity index (χ3n) is 5.35. The maximum atomic E-state index is 13.1. The average Bonchev–Trinajstić information content (AvgIpc) is 2.67. The van der Waals surface area contributed by atoms with Gasteiger partial charge in [-0.2, -0.15) is 5.26 Å². The van der Waals surface area contributed by atoms with E-state index in [0.29, 0.717) is 22.2 Å². The van der Waals surface area contributed by atoms with E-state index in [2.05, 4.69) is 16.4 Å². The van der Waals surface area contributed by atoms with Crippen LogP contribution in [0.1, 0.15) is 18.4 Å². The molecule has 142 valence electrons. The largest absolute Gasteiger partial charge is 0.367 e. The number of pyridine rings is 2. The van der Waals surface area contributed by atoms with E-state index in [1.54, 1.807) is 23.9 Å². The van der Waals surface area contributed by atoms with Gasteiger partial charge in [0.25, 0.3) is 0 Å². The van der Waals surface area contributed by atoms with Crippen LogP contribution in [0.4, 0.5) is 5.82 Å². The zero-order valence-electron chi connectivity index (χ0n) is 15.7. The molecular formula is C21H20N4O2S. The Morgan fingerprint density at radius 3 is 2.75 bits per heavy atom. The van der Waals surface area contributed by atoms with Crippen LogP contribution in [0.5, 0.6) is 0 Å². The van der Waals surface area contributed by atoms with Gasteiger partial charge in [0, 0.05) is 16.3 Å². The van der Waals surface area contributed by atoms with E-state index in [4.69, 9.17) is 5.26 Å². The molecule has 0 unspecified atom stereocenters. The zero-order valence-corrected chi connectivity index (χ0v) is 16.5. The molecule has 0 bridgehead atoms. The van der Waals surface area contributed by atoms with Crippen LogP contribution >= 0.6 is 11.8 Å². The number of thioether (sulfide) groups is 1. The Balaban J connectivity index is 1.93. The Kier molecular flexibility index (Phi) is 4.82. The summed E-state index contributed by atoms with van der Waals surface area (Å²) in [5.74, 6) is 0.757. The Morgan fingerprint density at radius 2 is 2.07 bits per heavy atom. The summed E-state index contributed by atoms with van der Waals surface area (Å²) in [7, 11) is 0. The lowest BCUT2D eigenvalue weighted by molar-refractivity contribution is -0.108. The van der Waals surface area contributed by atoms with Crippen LogP contribution in [0, 0.1) is 24.2 Å². The fourth-order valence-electron chi connectivity index (χ4n) is 3.85. The Hall–Kier alpha value is -2.85. The highest BCUT2D eigenvalue weighted by Gasteiger charge is 2.29. The smallest absolute Gasteiger partial charge is 0.198 e. The van der Waals surface area contributed by atoms with Gasteiger partial charge in [0.05, 0.1) is 29.4 Å². The number of carbonyl (C=O) groups is 1. The zero-order chi connectivity index (χ0) is 19.8. The van der Waals surface area contributed by atoms with Crippen molar-refractivity contribution in [3.63, 3.8) is 0 Å². The monoisotopic (exact) mass is 392 g/mol. The van der Waals surface area contributed by atoms with Crippen molar-refractivity contribution in [2.24, 2.45) is 5.92 Å². The minimum atomic E-state index is -0.0744. The summed E-state index contributed by atoms with van der Waals surface area (Å²) in [6.45, 7) is 2.12. The van der Waals surface area contributed by atoms with Crippen molar-refractivity contribution < 1.29 is 4.79 Å². The summed E-state index contributed by atoms with van der Waals surface area (Å²) >= 11 is 1.56. The number of fused-ring (bicyclic) bond motifs is 2. The minimum Gasteiger partial charge on any atom is -0.367 e. The van der Waals surface area contributed by atoms with Crippen LogP contribution in [-0.4, -0.2) is 28.1 Å². The van der Waals surface area contributed by atoms with Crippen LogP contribution in [0.2, 0.25) is 0 Å². The summed E-state index contributed by atoms with van der Waals surface area (Å²) in [6, 6.07) is 9.82. The van der Waals surface area contributed by atoms with Crippen LogP contribution in [0.25, 0.3) is 21.9 Å². The number of aldehydes is 1. The predicted octanol–water partition coefficient (Wildman–Crippen LogP) is 3.49. The average molecular weight is 392 g/mol. The molecule has 2 heterocycles. The predicted molar refractivity (Wildman–Crippen MR) is 112 cm³/mol. The van der Waals surface area contributed by atoms with E-state index in [-0.39, 0.29) is 23.9 Å². The first-order valence-electron chi connectivity index (χ1n) is 9.18. The molecule has 0 saturated heterocycles. The highest BCUT2D eigenvalue weighted by Crippen LogP contribution is 2.32. The molecule has 3 aromatic rings. The number of aromatic nitrogens is 2. The number of anilines is 1. The molecule has 0 radical (unpaired) electrons. The summed E-state index contributed by atoms with van der Waals surface area (Å²) in [5, 5.41) is 13.4. The molecule has 1 N–H and O–H groups in total. The molecule has 7 heteroatoms. The van der Waals surface area contributed by atoms with E-state index >= 15 is 0 Å². The fraction of sp³-hybridized carbons (Fsp3) is 0.333. The molecule has 28 heavy (non-hydrogen) atoms. The molecule has 1 fully saturated rings. The molecule has 0 atom stereocenters. The second kappa shape index (κ2) is 7.28. The highest BCUT2D eigenvalue weighted by molar-refractivity contribution is 7.98. The molecule has 1 saturated carbocycles. The number of hydrogen-bond donors (Lipinski definition) is 1. The van der Waals surface area contributed by atoms with Crippen molar-refractivity contribution in [1.29, 1.82) is 5.26 Å². The van der Waals surface area contributed by atoms with Gasteiger partial charge in [-0.1, -0.05) is 6.07 Å². The SMILES string of the molecule is CSc1c(C)ccc2c(=O)c3ccc(NC4CC(C#N)C4)nc3n(CC=O)c12. The lowest BCUT2D eigenvalue weighted by Crippen LogP contribution is -2.34. The van der Waals surface area contributed by atoms with E-state index in [1.165, 1.54) is 0 Å². The number of hydrogen-bond acceptors (Lipinski definition) is 6. The quantitative estimate of drug-likeness (QED) is 0.406. The summed E-state index contributed by atoms with van der Waals surface area (Å²) < 4.78 is 1.84. The van der Waals surface area contributed by atoms with Gasteiger partial charge >= 0.3 is 0 Å². The molecule has 0 aliphatic heterocycles. The summed E-state index contributed by atoms with van der Waals surface area (Å²) in [6.07, 6.45) is 4.39. The first-order valence-corrected chi connectivity index (χ1v) is 10.4. The van der Waals surface area contributed by atoms with Crippen LogP contribution in [-0.2, 0) is 11.3 Å². The number of aryl methyl sites for hydroxylation is 1. The molecule has 1 aliphatic rings. The second-order valence-corrected chi connectivity index (χ2v) is 7.94. The number of nitrogens with one attached hydrogen (secondary N) is 1. The van der Waals surface area contributed by atoms with Gasteiger partial charge in [0.1, 0.15) is 17.8 Å². The van der Waals surface area contributed by atoms with Gasteiger partial charge in [-0.3, -0.25) is 4.79 Å². The molecule has 6 nitrogen and oxygen atoms in total. The van der Waals surface area contributed by atoms with E-state index in [1.807, 2.05) is 29.9 Å². The Bertz CT molecular complexity index is 1190. The number of nitriles is 1.